The van der Waals surface area contributed by atoms with Gasteiger partial charge in [-0.05, 0) is 79.5 Å². The number of rotatable bonds is 12. The molecule has 56 heavy (non-hydrogen) atoms. The zero-order valence-electron chi connectivity index (χ0n) is 31.4. The number of fused-ring (bicyclic) bond motifs is 2. The number of nitrogens with zero attached hydrogens (tertiary/aromatic N) is 4. The Morgan fingerprint density at radius 3 is 2.34 bits per heavy atom. The molecule has 4 heterocycles. The maximum absolute atomic E-state index is 13.4. The van der Waals surface area contributed by atoms with E-state index in [0.29, 0.717) is 23.7 Å². The summed E-state index contributed by atoms with van der Waals surface area (Å²) in [6.45, 7) is 4.78. The average Bonchev–Trinajstić information content (AvgIpc) is 3.93. The van der Waals surface area contributed by atoms with Gasteiger partial charge in [0.05, 0.1) is 17.3 Å². The van der Waals surface area contributed by atoms with Crippen molar-refractivity contribution in [2.75, 3.05) is 10.6 Å². The first kappa shape index (κ1) is 36.6. The summed E-state index contributed by atoms with van der Waals surface area (Å²) in [7, 11) is 0. The Morgan fingerprint density at radius 2 is 1.61 bits per heavy atom. The first-order chi connectivity index (χ1) is 27.2. The molecule has 1 unspecified atom stereocenters. The minimum atomic E-state index is -1.02. The zero-order valence-corrected chi connectivity index (χ0v) is 31.4. The zero-order chi connectivity index (χ0) is 38.9. The van der Waals surface area contributed by atoms with Crippen molar-refractivity contribution in [2.45, 2.75) is 89.4 Å². The van der Waals surface area contributed by atoms with Crippen LogP contribution in [0, 0.1) is 0 Å². The van der Waals surface area contributed by atoms with E-state index in [2.05, 4.69) is 46.3 Å². The normalized spacial score (nSPS) is 19.4. The predicted octanol–water partition coefficient (Wildman–Crippen LogP) is 6.08. The molecule has 8 rings (SSSR count). The number of nitrogens with one attached hydrogen (secondary N) is 4. The van der Waals surface area contributed by atoms with Crippen LogP contribution < -0.4 is 21.3 Å². The second kappa shape index (κ2) is 15.4. The molecule has 5 aromatic rings. The van der Waals surface area contributed by atoms with E-state index in [1.54, 1.807) is 24.4 Å². The van der Waals surface area contributed by atoms with Gasteiger partial charge in [0.25, 0.3) is 17.7 Å². The molecule has 13 nitrogen and oxygen atoms in total. The van der Waals surface area contributed by atoms with Crippen LogP contribution in [0.2, 0.25) is 0 Å². The van der Waals surface area contributed by atoms with Gasteiger partial charge in [0, 0.05) is 60.0 Å². The van der Waals surface area contributed by atoms with E-state index in [1.807, 2.05) is 59.1 Å². The molecular weight excluding hydrogens is 709 g/mol. The molecular formula is C43H44N8O5. The van der Waals surface area contributed by atoms with Crippen LogP contribution in [0.3, 0.4) is 0 Å². The van der Waals surface area contributed by atoms with E-state index in [0.717, 1.165) is 70.9 Å². The minimum absolute atomic E-state index is 0.0637. The average molecular weight is 753 g/mol. The van der Waals surface area contributed by atoms with Crippen LogP contribution in [0.15, 0.2) is 85.1 Å². The lowest BCUT2D eigenvalue weighted by Gasteiger charge is -2.27. The van der Waals surface area contributed by atoms with E-state index in [1.165, 1.54) is 0 Å². The van der Waals surface area contributed by atoms with Gasteiger partial charge in [-0.3, -0.25) is 34.2 Å². The summed E-state index contributed by atoms with van der Waals surface area (Å²) in [4.78, 5) is 69.8. The highest BCUT2D eigenvalue weighted by Crippen LogP contribution is 2.33. The van der Waals surface area contributed by atoms with Gasteiger partial charge in [0.15, 0.2) is 5.65 Å². The summed E-state index contributed by atoms with van der Waals surface area (Å²) in [5.41, 5.74) is 6.38. The quantitative estimate of drug-likeness (QED) is 0.111. The number of hydrogen-bond acceptors (Lipinski definition) is 9. The maximum atomic E-state index is 13.4. The molecule has 0 radical (unpaired) electrons. The first-order valence-electron chi connectivity index (χ1n) is 19.4. The highest BCUT2D eigenvalue weighted by molar-refractivity contribution is 6.25. The summed E-state index contributed by atoms with van der Waals surface area (Å²) in [6, 6.07) is 23.9. The largest absolute Gasteiger partial charge is 0.380 e. The third-order valence-corrected chi connectivity index (χ3v) is 11.3. The smallest absolute Gasteiger partial charge is 0.264 e. The molecule has 286 valence electrons. The molecule has 1 saturated heterocycles. The standard InChI is InChI=1S/C43H44N8O5/c1-3-26(4-2)34-23-37(51-36(48-34)20-21-45-51)46-30-16-17-31(22-30)47-40(53)29-14-12-28(13-15-29)27-10-8-25(9-11-27)24-44-33-7-5-6-32-39(33)43(56)50(42(32)55)35-18-19-38(52)49-41(35)54/h5-15,20-21,23,26,30-31,35,44,46H,3-4,16-19,22,24H2,1-2H3,(H,47,53)(H,49,52,54)/t30-,31-,35?/m0/s1. The van der Waals surface area contributed by atoms with Crippen molar-refractivity contribution in [2.24, 2.45) is 0 Å². The van der Waals surface area contributed by atoms with Crippen molar-refractivity contribution in [1.82, 2.24) is 30.1 Å². The summed E-state index contributed by atoms with van der Waals surface area (Å²) in [6.07, 6.45) is 6.64. The van der Waals surface area contributed by atoms with Crippen molar-refractivity contribution in [3.63, 3.8) is 0 Å². The second-order valence-corrected chi connectivity index (χ2v) is 14.8. The van der Waals surface area contributed by atoms with Crippen LogP contribution in [-0.2, 0) is 16.1 Å². The molecule has 2 aromatic heterocycles. The highest BCUT2D eigenvalue weighted by atomic mass is 16.2. The summed E-state index contributed by atoms with van der Waals surface area (Å²) < 4.78 is 1.86. The minimum Gasteiger partial charge on any atom is -0.380 e. The van der Waals surface area contributed by atoms with Crippen LogP contribution in [-0.4, -0.2) is 67.2 Å². The molecule has 0 bridgehead atoms. The molecule has 2 fully saturated rings. The molecule has 4 N–H and O–H groups in total. The fraction of sp³-hybridized carbons (Fsp3) is 0.326. The molecule has 2 aliphatic heterocycles. The van der Waals surface area contributed by atoms with Crippen LogP contribution in [0.5, 0.6) is 0 Å². The Labute approximate surface area is 324 Å². The van der Waals surface area contributed by atoms with Gasteiger partial charge in [-0.15, -0.1) is 0 Å². The number of carbonyl (C=O) groups excluding carboxylic acids is 5. The molecule has 1 saturated carbocycles. The fourth-order valence-corrected chi connectivity index (χ4v) is 8.16. The maximum Gasteiger partial charge on any atom is 0.264 e. The SMILES string of the molecule is CCC(CC)c1cc(N[C@H]2CC[C@H](NC(=O)c3ccc(-c4ccc(CNc5cccc6c5C(=O)N(C5CCC(=O)NC5=O)C6=O)cc4)cc3)C2)n2nccc2n1. The Kier molecular flexibility index (Phi) is 10.1. The summed E-state index contributed by atoms with van der Waals surface area (Å²) >= 11 is 0. The number of aromatic nitrogens is 3. The van der Waals surface area contributed by atoms with E-state index in [4.69, 9.17) is 4.98 Å². The van der Waals surface area contributed by atoms with E-state index >= 15 is 0 Å². The Hall–Kier alpha value is -6.37. The highest BCUT2D eigenvalue weighted by Gasteiger charge is 2.45. The number of piperidine rings is 1. The molecule has 3 aromatic carbocycles. The number of amides is 5. The van der Waals surface area contributed by atoms with E-state index < -0.39 is 29.7 Å². The number of imide groups is 2. The summed E-state index contributed by atoms with van der Waals surface area (Å²) in [5.74, 6) is -0.905. The van der Waals surface area contributed by atoms with E-state index in [9.17, 15) is 24.0 Å². The second-order valence-electron chi connectivity index (χ2n) is 14.8. The molecule has 1 aliphatic carbocycles. The van der Waals surface area contributed by atoms with Crippen molar-refractivity contribution >= 4 is 46.7 Å². The van der Waals surface area contributed by atoms with Gasteiger partial charge in [-0.25, -0.2) is 4.98 Å². The Bertz CT molecular complexity index is 2330. The molecule has 5 amide bonds. The van der Waals surface area contributed by atoms with Gasteiger partial charge in [-0.2, -0.15) is 9.61 Å². The van der Waals surface area contributed by atoms with Gasteiger partial charge < -0.3 is 16.0 Å². The fourth-order valence-electron chi connectivity index (χ4n) is 8.16. The van der Waals surface area contributed by atoms with Crippen molar-refractivity contribution in [3.05, 3.63) is 113 Å². The van der Waals surface area contributed by atoms with Gasteiger partial charge in [0.1, 0.15) is 11.9 Å². The van der Waals surface area contributed by atoms with Gasteiger partial charge in [-0.1, -0.05) is 56.3 Å². The van der Waals surface area contributed by atoms with E-state index in [-0.39, 0.29) is 42.0 Å². The van der Waals surface area contributed by atoms with Gasteiger partial charge in [0.2, 0.25) is 11.8 Å². The number of hydrogen-bond donors (Lipinski definition) is 4. The van der Waals surface area contributed by atoms with Crippen LogP contribution in [0.4, 0.5) is 11.5 Å². The lowest BCUT2D eigenvalue weighted by Crippen LogP contribution is -2.54. The van der Waals surface area contributed by atoms with Crippen molar-refractivity contribution < 1.29 is 24.0 Å². The Balaban J connectivity index is 0.855. The molecule has 3 atom stereocenters. The van der Waals surface area contributed by atoms with Crippen molar-refractivity contribution in [3.8, 4) is 11.1 Å². The summed E-state index contributed by atoms with van der Waals surface area (Å²) in [5, 5.41) is 16.9. The van der Waals surface area contributed by atoms with Gasteiger partial charge >= 0.3 is 0 Å². The molecule has 3 aliphatic rings. The first-order valence-corrected chi connectivity index (χ1v) is 19.4. The van der Waals surface area contributed by atoms with Crippen LogP contribution in [0.1, 0.15) is 107 Å². The van der Waals surface area contributed by atoms with Crippen molar-refractivity contribution in [1.29, 1.82) is 0 Å². The molecule has 13 heteroatoms. The van der Waals surface area contributed by atoms with Crippen LogP contribution >= 0.6 is 0 Å². The molecule has 0 spiro atoms. The van der Waals surface area contributed by atoms with Crippen LogP contribution in [0.25, 0.3) is 16.8 Å². The lowest BCUT2D eigenvalue weighted by atomic mass is 9.99. The number of benzene rings is 3. The third-order valence-electron chi connectivity index (χ3n) is 11.3. The number of carbonyl (C=O) groups is 5. The predicted molar refractivity (Wildman–Crippen MR) is 211 cm³/mol. The topological polar surface area (TPSA) is 167 Å². The third kappa shape index (κ3) is 7.12. The Morgan fingerprint density at radius 1 is 0.875 bits per heavy atom. The lowest BCUT2D eigenvalue weighted by molar-refractivity contribution is -0.136. The monoisotopic (exact) mass is 752 g/mol. The number of anilines is 2.